The minimum Gasteiger partial charge on any atom is -0.339 e. The molecule has 0 bridgehead atoms. The highest BCUT2D eigenvalue weighted by molar-refractivity contribution is 5.94. The van der Waals surface area contributed by atoms with Gasteiger partial charge in [0.15, 0.2) is 5.82 Å². The molecule has 3 heterocycles. The Balaban J connectivity index is 1.66. The number of hydrogen-bond acceptors (Lipinski definition) is 5. The van der Waals surface area contributed by atoms with Gasteiger partial charge in [-0.25, -0.2) is 0 Å². The molecule has 3 aromatic rings. The summed E-state index contributed by atoms with van der Waals surface area (Å²) in [7, 11) is 0. The number of pyridine rings is 1. The molecule has 0 unspecified atom stereocenters. The maximum atomic E-state index is 12.8. The zero-order valence-corrected chi connectivity index (χ0v) is 13.9. The molecule has 6 heteroatoms. The summed E-state index contributed by atoms with van der Waals surface area (Å²) in [6, 6.07) is 13.7. The van der Waals surface area contributed by atoms with E-state index in [1.165, 1.54) is 5.56 Å². The van der Waals surface area contributed by atoms with Crippen LogP contribution in [0.15, 0.2) is 59.4 Å². The Morgan fingerprint density at radius 2 is 1.80 bits per heavy atom. The number of rotatable bonds is 3. The van der Waals surface area contributed by atoms with E-state index in [0.717, 1.165) is 0 Å². The van der Waals surface area contributed by atoms with Crippen LogP contribution in [0.4, 0.5) is 0 Å². The summed E-state index contributed by atoms with van der Waals surface area (Å²) in [5.74, 6) is 1.33. The van der Waals surface area contributed by atoms with Crippen LogP contribution in [0, 0.1) is 6.92 Å². The Morgan fingerprint density at radius 1 is 1.08 bits per heavy atom. The van der Waals surface area contributed by atoms with Gasteiger partial charge in [-0.1, -0.05) is 35.5 Å². The molecule has 0 saturated carbocycles. The molecule has 2 aromatic heterocycles. The number of likely N-dealkylation sites (tertiary alicyclic amines) is 1. The van der Waals surface area contributed by atoms with Crippen LogP contribution in [-0.2, 0) is 0 Å². The molecule has 126 valence electrons. The van der Waals surface area contributed by atoms with Gasteiger partial charge in [0.2, 0.25) is 5.89 Å². The van der Waals surface area contributed by atoms with Gasteiger partial charge in [-0.15, -0.1) is 0 Å². The topological polar surface area (TPSA) is 72.1 Å². The quantitative estimate of drug-likeness (QED) is 0.736. The predicted molar refractivity (Wildman–Crippen MR) is 91.1 cm³/mol. The van der Waals surface area contributed by atoms with E-state index in [2.05, 4.69) is 27.3 Å². The average Bonchev–Trinajstić information content (AvgIpc) is 3.29. The lowest BCUT2D eigenvalue weighted by molar-refractivity contribution is 0.0788. The van der Waals surface area contributed by atoms with Crippen LogP contribution >= 0.6 is 0 Å². The fraction of sp³-hybridized carbons (Fsp3) is 0.263. The number of carbonyl (C=O) groups is 1. The van der Waals surface area contributed by atoms with E-state index in [0.29, 0.717) is 30.4 Å². The number of nitrogens with zero attached hydrogens (tertiary/aromatic N) is 4. The van der Waals surface area contributed by atoms with Gasteiger partial charge in [0.25, 0.3) is 5.91 Å². The molecule has 1 aliphatic heterocycles. The summed E-state index contributed by atoms with van der Waals surface area (Å²) in [5.41, 5.74) is 1.82. The Bertz CT molecular complexity index is 863. The normalized spacial score (nSPS) is 20.0. The van der Waals surface area contributed by atoms with Crippen molar-refractivity contribution < 1.29 is 9.32 Å². The van der Waals surface area contributed by atoms with Crippen molar-refractivity contribution >= 4 is 5.91 Å². The number of hydrogen-bond donors (Lipinski definition) is 0. The lowest BCUT2D eigenvalue weighted by Crippen LogP contribution is -2.28. The van der Waals surface area contributed by atoms with E-state index in [9.17, 15) is 4.79 Å². The SMILES string of the molecule is Cc1noc([C@@H]2CN(C(=O)c3ccncc3)C[C@@H]2c2ccccc2)n1. The molecule has 0 spiro atoms. The van der Waals surface area contributed by atoms with Crippen molar-refractivity contribution in [2.24, 2.45) is 0 Å². The molecular weight excluding hydrogens is 316 g/mol. The molecule has 4 rings (SSSR count). The van der Waals surface area contributed by atoms with E-state index in [-0.39, 0.29) is 17.7 Å². The van der Waals surface area contributed by atoms with Crippen molar-refractivity contribution in [3.63, 3.8) is 0 Å². The molecule has 0 radical (unpaired) electrons. The van der Waals surface area contributed by atoms with Gasteiger partial charge in [0.1, 0.15) is 0 Å². The van der Waals surface area contributed by atoms with Crippen molar-refractivity contribution in [2.45, 2.75) is 18.8 Å². The van der Waals surface area contributed by atoms with Crippen LogP contribution in [0.3, 0.4) is 0 Å². The minimum absolute atomic E-state index is 0.00192. The molecule has 0 aliphatic carbocycles. The zero-order valence-electron chi connectivity index (χ0n) is 13.9. The lowest BCUT2D eigenvalue weighted by Gasteiger charge is -2.16. The third-order valence-corrected chi connectivity index (χ3v) is 4.62. The summed E-state index contributed by atoms with van der Waals surface area (Å²) < 4.78 is 5.42. The third-order valence-electron chi connectivity index (χ3n) is 4.62. The van der Waals surface area contributed by atoms with Crippen molar-refractivity contribution in [1.82, 2.24) is 20.0 Å². The molecule has 1 amide bonds. The lowest BCUT2D eigenvalue weighted by atomic mass is 9.89. The number of benzene rings is 1. The van der Waals surface area contributed by atoms with Crippen LogP contribution in [-0.4, -0.2) is 39.0 Å². The molecule has 1 aromatic carbocycles. The minimum atomic E-state index is -0.00520. The smallest absolute Gasteiger partial charge is 0.254 e. The van der Waals surface area contributed by atoms with Crippen molar-refractivity contribution in [1.29, 1.82) is 0 Å². The number of aromatic nitrogens is 3. The molecule has 1 aliphatic rings. The summed E-state index contributed by atoms with van der Waals surface area (Å²) in [6.45, 7) is 2.99. The first-order chi connectivity index (χ1) is 12.2. The molecule has 6 nitrogen and oxygen atoms in total. The summed E-state index contributed by atoms with van der Waals surface area (Å²) in [6.07, 6.45) is 3.27. The van der Waals surface area contributed by atoms with E-state index >= 15 is 0 Å². The van der Waals surface area contributed by atoms with Crippen molar-refractivity contribution in [2.75, 3.05) is 13.1 Å². The van der Waals surface area contributed by atoms with Gasteiger partial charge in [-0.3, -0.25) is 9.78 Å². The van der Waals surface area contributed by atoms with Crippen LogP contribution in [0.2, 0.25) is 0 Å². The fourth-order valence-corrected chi connectivity index (χ4v) is 3.40. The van der Waals surface area contributed by atoms with Gasteiger partial charge in [-0.05, 0) is 24.6 Å². The van der Waals surface area contributed by atoms with E-state index < -0.39 is 0 Å². The molecule has 25 heavy (non-hydrogen) atoms. The third kappa shape index (κ3) is 3.03. The summed E-state index contributed by atoms with van der Waals surface area (Å²) in [5, 5.41) is 3.92. The van der Waals surface area contributed by atoms with Crippen LogP contribution < -0.4 is 0 Å². The van der Waals surface area contributed by atoms with Gasteiger partial charge in [-0.2, -0.15) is 4.98 Å². The van der Waals surface area contributed by atoms with E-state index in [1.54, 1.807) is 31.5 Å². The summed E-state index contributed by atoms with van der Waals surface area (Å²) in [4.78, 5) is 23.1. The molecular formula is C19H18N4O2. The van der Waals surface area contributed by atoms with Crippen LogP contribution in [0.25, 0.3) is 0 Å². The van der Waals surface area contributed by atoms with Crippen LogP contribution in [0.5, 0.6) is 0 Å². The van der Waals surface area contributed by atoms with Gasteiger partial charge in [0, 0.05) is 37.0 Å². The van der Waals surface area contributed by atoms with Crippen molar-refractivity contribution in [3.05, 3.63) is 77.7 Å². The Labute approximate surface area is 145 Å². The first-order valence-electron chi connectivity index (χ1n) is 8.27. The van der Waals surface area contributed by atoms with Gasteiger partial charge in [0.05, 0.1) is 5.92 Å². The van der Waals surface area contributed by atoms with Crippen LogP contribution in [0.1, 0.15) is 39.5 Å². The average molecular weight is 334 g/mol. The van der Waals surface area contributed by atoms with Gasteiger partial charge >= 0.3 is 0 Å². The highest BCUT2D eigenvalue weighted by atomic mass is 16.5. The molecule has 0 N–H and O–H groups in total. The molecule has 1 saturated heterocycles. The second-order valence-corrected chi connectivity index (χ2v) is 6.25. The molecule has 2 atom stereocenters. The highest BCUT2D eigenvalue weighted by Crippen LogP contribution is 2.39. The monoisotopic (exact) mass is 334 g/mol. The largest absolute Gasteiger partial charge is 0.339 e. The maximum Gasteiger partial charge on any atom is 0.254 e. The fourth-order valence-electron chi connectivity index (χ4n) is 3.40. The standard InChI is InChI=1S/C19H18N4O2/c1-13-21-18(25-22-13)17-12-23(19(24)15-7-9-20-10-8-15)11-16(17)14-5-3-2-4-6-14/h2-10,16-17H,11-12H2,1H3/t16-,17-/m1/s1. The second kappa shape index (κ2) is 6.47. The van der Waals surface area contributed by atoms with Gasteiger partial charge < -0.3 is 9.42 Å². The van der Waals surface area contributed by atoms with Crippen molar-refractivity contribution in [3.8, 4) is 0 Å². The number of carbonyl (C=O) groups excluding carboxylic acids is 1. The molecule has 1 fully saturated rings. The first kappa shape index (κ1) is 15.5. The number of aryl methyl sites for hydroxylation is 1. The van der Waals surface area contributed by atoms with E-state index in [4.69, 9.17) is 4.52 Å². The zero-order chi connectivity index (χ0) is 17.2. The Kier molecular flexibility index (Phi) is 4.01. The second-order valence-electron chi connectivity index (χ2n) is 6.25. The predicted octanol–water partition coefficient (Wildman–Crippen LogP) is 2.80. The Hall–Kier alpha value is -3.02. The first-order valence-corrected chi connectivity index (χ1v) is 8.27. The Morgan fingerprint density at radius 3 is 2.48 bits per heavy atom. The van der Waals surface area contributed by atoms with E-state index in [1.807, 2.05) is 23.1 Å². The summed E-state index contributed by atoms with van der Waals surface area (Å²) >= 11 is 0. The highest BCUT2D eigenvalue weighted by Gasteiger charge is 2.40. The number of amides is 1. The maximum absolute atomic E-state index is 12.8.